The Morgan fingerprint density at radius 2 is 1.22 bits per heavy atom. The van der Waals surface area contributed by atoms with Gasteiger partial charge in [0.05, 0.1) is 0 Å². The van der Waals surface area contributed by atoms with Crippen LogP contribution in [0.4, 0.5) is 4.79 Å². The number of ether oxygens (including phenoxy) is 1. The van der Waals surface area contributed by atoms with Gasteiger partial charge in [0, 0.05) is 46.8 Å². The van der Waals surface area contributed by atoms with E-state index in [4.69, 9.17) is 4.74 Å². The summed E-state index contributed by atoms with van der Waals surface area (Å²) < 4.78 is 6.00. The second-order valence-corrected chi connectivity index (χ2v) is 13.0. The number of carbonyl (C=O) groups excluding carboxylic acids is 4. The summed E-state index contributed by atoms with van der Waals surface area (Å²) in [6.07, 6.45) is -0.274. The van der Waals surface area contributed by atoms with E-state index in [0.717, 1.165) is 49.2 Å². The van der Waals surface area contributed by atoms with Crippen molar-refractivity contribution in [1.82, 2.24) is 20.2 Å². The Labute approximate surface area is 298 Å². The Morgan fingerprint density at radius 1 is 0.647 bits per heavy atom. The summed E-state index contributed by atoms with van der Waals surface area (Å²) in [5.74, 6) is -1.48. The van der Waals surface area contributed by atoms with Crippen LogP contribution in [0.1, 0.15) is 35.1 Å². The van der Waals surface area contributed by atoms with Gasteiger partial charge in [-0.15, -0.1) is 0 Å². The molecule has 0 fully saturated rings. The predicted octanol–water partition coefficient (Wildman–Crippen LogP) is 6.21. The van der Waals surface area contributed by atoms with Gasteiger partial charge in [0.15, 0.2) is 0 Å². The first-order chi connectivity index (χ1) is 24.6. The summed E-state index contributed by atoms with van der Waals surface area (Å²) in [6, 6.07) is 37.5. The number of carbonyl (C=O) groups is 4. The molecule has 5 aromatic rings. The molecule has 51 heavy (non-hydrogen) atoms. The number of amides is 4. The molecule has 0 aliphatic heterocycles. The Kier molecular flexibility index (Phi) is 10.5. The van der Waals surface area contributed by atoms with Gasteiger partial charge in [0.25, 0.3) is 5.91 Å². The fourth-order valence-electron chi connectivity index (χ4n) is 6.75. The van der Waals surface area contributed by atoms with E-state index in [1.54, 1.807) is 14.1 Å². The number of likely N-dealkylation sites (N-methyl/N-ethyl adjacent to an activating group) is 2. The van der Waals surface area contributed by atoms with E-state index in [0.29, 0.717) is 0 Å². The lowest BCUT2D eigenvalue weighted by Gasteiger charge is -2.35. The summed E-state index contributed by atoms with van der Waals surface area (Å²) >= 11 is 0. The van der Waals surface area contributed by atoms with Gasteiger partial charge in [-0.25, -0.2) is 4.79 Å². The normalized spacial score (nSPS) is 13.0. The third kappa shape index (κ3) is 7.62. The molecule has 9 nitrogen and oxygen atoms in total. The van der Waals surface area contributed by atoms with Gasteiger partial charge in [-0.05, 0) is 44.2 Å². The molecule has 6 rings (SSSR count). The van der Waals surface area contributed by atoms with Crippen molar-refractivity contribution in [2.45, 2.75) is 37.8 Å². The fourth-order valence-corrected chi connectivity index (χ4v) is 6.75. The van der Waals surface area contributed by atoms with Crippen LogP contribution in [0.25, 0.3) is 21.9 Å². The van der Waals surface area contributed by atoms with Crippen molar-refractivity contribution in [2.75, 3.05) is 27.7 Å². The highest BCUT2D eigenvalue weighted by atomic mass is 16.6. The molecule has 2 atom stereocenters. The van der Waals surface area contributed by atoms with Crippen LogP contribution in [0.3, 0.4) is 0 Å². The topological polar surface area (TPSA) is 99.3 Å². The summed E-state index contributed by atoms with van der Waals surface area (Å²) in [6.45, 7) is 1.44. The van der Waals surface area contributed by atoms with E-state index < -0.39 is 30.0 Å². The first kappa shape index (κ1) is 34.9. The number of rotatable bonds is 10. The number of nitrogens with zero attached hydrogens (tertiary/aromatic N) is 3. The van der Waals surface area contributed by atoms with Crippen molar-refractivity contribution in [3.63, 3.8) is 0 Å². The molecule has 0 radical (unpaired) electrons. The third-order valence-corrected chi connectivity index (χ3v) is 9.76. The average Bonchev–Trinajstić information content (AvgIpc) is 3.47. The molecule has 5 aromatic carbocycles. The van der Waals surface area contributed by atoms with E-state index in [-0.39, 0.29) is 31.3 Å². The molecule has 4 amide bonds. The molecule has 1 N–H and O–H groups in total. The minimum atomic E-state index is -1.01. The van der Waals surface area contributed by atoms with E-state index >= 15 is 0 Å². The molecule has 1 aliphatic carbocycles. The SMILES string of the molecule is CC(=O)N(C)NC(=O)C(Cc1ccccc1)N(C)C(=O)[C@@H](Cc1ccc2ccccc2c1)N(C)C(=O)OCC1c2ccccc2-c2ccccc21. The molecule has 0 saturated carbocycles. The number of hydrazine groups is 1. The van der Waals surface area contributed by atoms with E-state index in [2.05, 4.69) is 29.7 Å². The van der Waals surface area contributed by atoms with Crippen molar-refractivity contribution >= 4 is 34.6 Å². The molecule has 9 heteroatoms. The van der Waals surface area contributed by atoms with Crippen molar-refractivity contribution < 1.29 is 23.9 Å². The van der Waals surface area contributed by atoms with Crippen molar-refractivity contribution in [1.29, 1.82) is 0 Å². The summed E-state index contributed by atoms with van der Waals surface area (Å²) in [7, 11) is 4.57. The number of hydrogen-bond donors (Lipinski definition) is 1. The minimum absolute atomic E-state index is 0.0976. The summed E-state index contributed by atoms with van der Waals surface area (Å²) in [4.78, 5) is 56.9. The molecule has 0 spiro atoms. The molecular formula is C42H42N4O5. The Hall–Kier alpha value is -5.96. The van der Waals surface area contributed by atoms with Gasteiger partial charge in [0.1, 0.15) is 18.7 Å². The van der Waals surface area contributed by atoms with Crippen molar-refractivity contribution in [2.24, 2.45) is 0 Å². The van der Waals surface area contributed by atoms with Crippen LogP contribution in [0, 0.1) is 0 Å². The van der Waals surface area contributed by atoms with Gasteiger partial charge >= 0.3 is 6.09 Å². The van der Waals surface area contributed by atoms with E-state index in [1.807, 2.05) is 97.1 Å². The molecule has 0 aromatic heterocycles. The third-order valence-electron chi connectivity index (χ3n) is 9.76. The fraction of sp³-hybridized carbons (Fsp3) is 0.238. The lowest BCUT2D eigenvalue weighted by Crippen LogP contribution is -2.58. The van der Waals surface area contributed by atoms with Crippen LogP contribution < -0.4 is 5.43 Å². The lowest BCUT2D eigenvalue weighted by atomic mass is 9.98. The average molecular weight is 683 g/mol. The number of benzene rings is 5. The molecule has 260 valence electrons. The highest BCUT2D eigenvalue weighted by Crippen LogP contribution is 2.44. The molecule has 0 heterocycles. The first-order valence-electron chi connectivity index (χ1n) is 17.0. The van der Waals surface area contributed by atoms with Crippen LogP contribution in [0.15, 0.2) is 121 Å². The zero-order valence-corrected chi connectivity index (χ0v) is 29.3. The van der Waals surface area contributed by atoms with Gasteiger partial charge in [-0.1, -0.05) is 121 Å². The first-order valence-corrected chi connectivity index (χ1v) is 17.0. The zero-order valence-electron chi connectivity index (χ0n) is 29.3. The predicted molar refractivity (Wildman–Crippen MR) is 198 cm³/mol. The highest BCUT2D eigenvalue weighted by molar-refractivity contribution is 5.92. The maximum absolute atomic E-state index is 14.6. The standard InChI is InChI=1S/C42H42N4O5/c1-28(47)46(4)43-40(48)38(25-29-14-6-5-7-15-29)44(2)41(49)39(26-30-22-23-31-16-8-9-17-32(31)24-30)45(3)42(50)51-27-37-35-20-12-10-18-33(35)34-19-11-13-21-36(34)37/h5-24,37-39H,25-27H2,1-4H3,(H,43,48)/t38?,39-/m1/s1. The van der Waals surface area contributed by atoms with Crippen LogP contribution >= 0.6 is 0 Å². The van der Waals surface area contributed by atoms with E-state index in [9.17, 15) is 19.2 Å². The number of nitrogens with one attached hydrogen (secondary N) is 1. The second-order valence-electron chi connectivity index (χ2n) is 13.0. The molecule has 1 unspecified atom stereocenters. The van der Waals surface area contributed by atoms with Crippen LogP contribution in [0.2, 0.25) is 0 Å². The Bertz CT molecular complexity index is 2020. The molecule has 1 aliphatic rings. The maximum atomic E-state index is 14.6. The Balaban J connectivity index is 1.28. The quantitative estimate of drug-likeness (QED) is 0.177. The van der Waals surface area contributed by atoms with Gasteiger partial charge in [-0.3, -0.25) is 29.7 Å². The summed E-state index contributed by atoms with van der Waals surface area (Å²) in [5.41, 5.74) is 8.70. The monoisotopic (exact) mass is 682 g/mol. The van der Waals surface area contributed by atoms with Gasteiger partial charge in [0.2, 0.25) is 11.8 Å². The zero-order chi connectivity index (χ0) is 36.1. The highest BCUT2D eigenvalue weighted by Gasteiger charge is 2.37. The number of hydrogen-bond acceptors (Lipinski definition) is 5. The molecule has 0 bridgehead atoms. The minimum Gasteiger partial charge on any atom is -0.448 e. The largest absolute Gasteiger partial charge is 0.448 e. The smallest absolute Gasteiger partial charge is 0.410 e. The van der Waals surface area contributed by atoms with Gasteiger partial charge in [-0.2, -0.15) is 0 Å². The maximum Gasteiger partial charge on any atom is 0.410 e. The lowest BCUT2D eigenvalue weighted by molar-refractivity contribution is -0.146. The van der Waals surface area contributed by atoms with E-state index in [1.165, 1.54) is 23.8 Å². The Morgan fingerprint density at radius 3 is 1.86 bits per heavy atom. The summed E-state index contributed by atoms with van der Waals surface area (Å²) in [5, 5.41) is 3.15. The number of fused-ring (bicyclic) bond motifs is 4. The van der Waals surface area contributed by atoms with Crippen molar-refractivity contribution in [3.8, 4) is 11.1 Å². The van der Waals surface area contributed by atoms with Crippen molar-refractivity contribution in [3.05, 3.63) is 144 Å². The second kappa shape index (κ2) is 15.3. The van der Waals surface area contributed by atoms with Crippen LogP contribution in [-0.4, -0.2) is 78.5 Å². The van der Waals surface area contributed by atoms with Crippen LogP contribution in [0.5, 0.6) is 0 Å². The van der Waals surface area contributed by atoms with Crippen LogP contribution in [-0.2, 0) is 32.0 Å². The molecular weight excluding hydrogens is 640 g/mol. The molecule has 0 saturated heterocycles. The van der Waals surface area contributed by atoms with Gasteiger partial charge < -0.3 is 9.64 Å².